The van der Waals surface area contributed by atoms with Gasteiger partial charge in [0.15, 0.2) is 11.5 Å². The summed E-state index contributed by atoms with van der Waals surface area (Å²) < 4.78 is 15.7. The number of imide groups is 1. The average Bonchev–Trinajstić information content (AvgIpc) is 2.91. The third-order valence-corrected chi connectivity index (χ3v) is 5.07. The summed E-state index contributed by atoms with van der Waals surface area (Å²) in [6, 6.07) is 5.03. The number of likely N-dealkylation sites (tertiary alicyclic amines) is 1. The Morgan fingerprint density at radius 3 is 2.08 bits per heavy atom. The zero-order valence-electron chi connectivity index (χ0n) is 15.0. The Morgan fingerprint density at radius 1 is 1.04 bits per heavy atom. The summed E-state index contributed by atoms with van der Waals surface area (Å²) in [6.45, 7) is 0.0426. The first-order valence-corrected chi connectivity index (χ1v) is 8.83. The van der Waals surface area contributed by atoms with Gasteiger partial charge in [-0.3, -0.25) is 19.3 Å². The number of carbonyl (C=O) groups is 3. The number of esters is 1. The Bertz CT molecular complexity index is 670. The van der Waals surface area contributed by atoms with Crippen LogP contribution in [0.15, 0.2) is 18.2 Å². The minimum Gasteiger partial charge on any atom is -0.493 e. The number of carbonyl (C=O) groups excluding carboxylic acids is 3. The van der Waals surface area contributed by atoms with Gasteiger partial charge in [-0.1, -0.05) is 18.9 Å². The van der Waals surface area contributed by atoms with Crippen molar-refractivity contribution in [1.29, 1.82) is 0 Å². The highest BCUT2D eigenvalue weighted by Crippen LogP contribution is 2.39. The second-order valence-electron chi connectivity index (χ2n) is 6.54. The maximum Gasteiger partial charge on any atom is 0.313 e. The molecule has 26 heavy (non-hydrogen) atoms. The Labute approximate surface area is 152 Å². The van der Waals surface area contributed by atoms with Crippen LogP contribution in [0, 0.1) is 11.8 Å². The van der Waals surface area contributed by atoms with E-state index in [1.54, 1.807) is 18.2 Å². The first-order chi connectivity index (χ1) is 12.6. The van der Waals surface area contributed by atoms with Crippen LogP contribution in [-0.2, 0) is 14.4 Å². The standard InChI is InChI=1S/C19H23NO6/c1-24-14-8-5-9-15(25-2)17(14)26-16(21)10-11-20-18(22)12-6-3-4-7-13(12)19(20)23/h5,8-9,12-13H,3-4,6-7,10-11H2,1-2H3/t12-,13-/m0/s1. The number of para-hydroxylation sites is 1. The summed E-state index contributed by atoms with van der Waals surface area (Å²) >= 11 is 0. The Balaban J connectivity index is 1.63. The normalized spacial score (nSPS) is 22.2. The molecule has 1 saturated heterocycles. The van der Waals surface area contributed by atoms with E-state index in [1.807, 2.05) is 0 Å². The molecular formula is C19H23NO6. The molecule has 1 aliphatic heterocycles. The molecule has 1 aromatic carbocycles. The van der Waals surface area contributed by atoms with Gasteiger partial charge in [-0.05, 0) is 25.0 Å². The highest BCUT2D eigenvalue weighted by molar-refractivity contribution is 6.05. The van der Waals surface area contributed by atoms with E-state index in [0.717, 1.165) is 25.7 Å². The first-order valence-electron chi connectivity index (χ1n) is 8.83. The minimum atomic E-state index is -0.553. The van der Waals surface area contributed by atoms with Gasteiger partial charge in [-0.2, -0.15) is 0 Å². The lowest BCUT2D eigenvalue weighted by molar-refractivity contribution is -0.141. The quantitative estimate of drug-likeness (QED) is 0.439. The second-order valence-corrected chi connectivity index (χ2v) is 6.54. The molecule has 0 unspecified atom stereocenters. The highest BCUT2D eigenvalue weighted by atomic mass is 16.6. The topological polar surface area (TPSA) is 82.1 Å². The Morgan fingerprint density at radius 2 is 1.58 bits per heavy atom. The van der Waals surface area contributed by atoms with Crippen LogP contribution in [0.25, 0.3) is 0 Å². The summed E-state index contributed by atoms with van der Waals surface area (Å²) in [5.74, 6) is -0.333. The molecule has 3 rings (SSSR count). The van der Waals surface area contributed by atoms with E-state index >= 15 is 0 Å². The second kappa shape index (κ2) is 7.76. The average molecular weight is 361 g/mol. The predicted octanol–water partition coefficient (Wildman–Crippen LogP) is 2.17. The smallest absolute Gasteiger partial charge is 0.313 e. The van der Waals surface area contributed by atoms with Crippen LogP contribution in [-0.4, -0.2) is 43.4 Å². The molecule has 0 bridgehead atoms. The van der Waals surface area contributed by atoms with Crippen molar-refractivity contribution in [2.45, 2.75) is 32.1 Å². The number of fused-ring (bicyclic) bond motifs is 1. The van der Waals surface area contributed by atoms with Gasteiger partial charge in [0.05, 0.1) is 32.5 Å². The van der Waals surface area contributed by atoms with Gasteiger partial charge in [0.2, 0.25) is 17.6 Å². The molecule has 1 aromatic rings. The van der Waals surface area contributed by atoms with Gasteiger partial charge in [0, 0.05) is 6.54 Å². The van der Waals surface area contributed by atoms with E-state index < -0.39 is 5.97 Å². The summed E-state index contributed by atoms with van der Waals surface area (Å²) in [5, 5.41) is 0. The molecule has 0 spiro atoms. The summed E-state index contributed by atoms with van der Waals surface area (Å²) in [5.41, 5.74) is 0. The molecule has 2 fully saturated rings. The molecule has 0 aromatic heterocycles. The van der Waals surface area contributed by atoms with Crippen molar-refractivity contribution < 1.29 is 28.6 Å². The van der Waals surface area contributed by atoms with Crippen LogP contribution in [0.5, 0.6) is 17.2 Å². The Hall–Kier alpha value is -2.57. The molecule has 2 aliphatic rings. The van der Waals surface area contributed by atoms with Crippen LogP contribution < -0.4 is 14.2 Å². The van der Waals surface area contributed by atoms with E-state index in [2.05, 4.69) is 0 Å². The summed E-state index contributed by atoms with van der Waals surface area (Å²) in [6.07, 6.45) is 3.40. The van der Waals surface area contributed by atoms with Crippen LogP contribution in [0.4, 0.5) is 0 Å². The van der Waals surface area contributed by atoms with Crippen molar-refractivity contribution in [2.24, 2.45) is 11.8 Å². The van der Waals surface area contributed by atoms with Crippen molar-refractivity contribution in [1.82, 2.24) is 4.90 Å². The van der Waals surface area contributed by atoms with Crippen molar-refractivity contribution in [3.63, 3.8) is 0 Å². The summed E-state index contributed by atoms with van der Waals surface area (Å²) in [4.78, 5) is 38.3. The third-order valence-electron chi connectivity index (χ3n) is 5.07. The molecule has 1 saturated carbocycles. The third kappa shape index (κ3) is 3.38. The fourth-order valence-electron chi connectivity index (χ4n) is 3.74. The van der Waals surface area contributed by atoms with E-state index in [1.165, 1.54) is 19.1 Å². The largest absolute Gasteiger partial charge is 0.493 e. The molecule has 2 atom stereocenters. The maximum absolute atomic E-state index is 12.4. The number of benzene rings is 1. The number of hydrogen-bond donors (Lipinski definition) is 0. The number of amides is 2. The number of rotatable bonds is 6. The number of ether oxygens (including phenoxy) is 3. The van der Waals surface area contributed by atoms with Crippen LogP contribution in [0.3, 0.4) is 0 Å². The van der Waals surface area contributed by atoms with Gasteiger partial charge in [0.1, 0.15) is 0 Å². The van der Waals surface area contributed by atoms with Crippen molar-refractivity contribution in [3.8, 4) is 17.2 Å². The number of methoxy groups -OCH3 is 2. The van der Waals surface area contributed by atoms with Crippen molar-refractivity contribution in [2.75, 3.05) is 20.8 Å². The fourth-order valence-corrected chi connectivity index (χ4v) is 3.74. The van der Waals surface area contributed by atoms with Gasteiger partial charge in [0.25, 0.3) is 0 Å². The molecule has 1 aliphatic carbocycles. The SMILES string of the molecule is COc1cccc(OC)c1OC(=O)CCN1C(=O)[C@H]2CCCC[C@@H]2C1=O. The van der Waals surface area contributed by atoms with E-state index in [9.17, 15) is 14.4 Å². The predicted molar refractivity (Wildman–Crippen MR) is 92.0 cm³/mol. The molecule has 140 valence electrons. The van der Waals surface area contributed by atoms with Crippen LogP contribution >= 0.6 is 0 Å². The molecule has 7 heteroatoms. The lowest BCUT2D eigenvalue weighted by atomic mass is 9.81. The monoisotopic (exact) mass is 361 g/mol. The zero-order valence-corrected chi connectivity index (χ0v) is 15.0. The minimum absolute atomic E-state index is 0.0426. The lowest BCUT2D eigenvalue weighted by Gasteiger charge is -2.19. The first kappa shape index (κ1) is 18.2. The van der Waals surface area contributed by atoms with E-state index in [4.69, 9.17) is 14.2 Å². The molecule has 1 heterocycles. The van der Waals surface area contributed by atoms with Crippen molar-refractivity contribution >= 4 is 17.8 Å². The molecule has 0 radical (unpaired) electrons. The molecular weight excluding hydrogens is 338 g/mol. The Kier molecular flexibility index (Phi) is 5.44. The fraction of sp³-hybridized carbons (Fsp3) is 0.526. The highest BCUT2D eigenvalue weighted by Gasteiger charge is 2.47. The van der Waals surface area contributed by atoms with Crippen LogP contribution in [0.1, 0.15) is 32.1 Å². The van der Waals surface area contributed by atoms with E-state index in [0.29, 0.717) is 11.5 Å². The maximum atomic E-state index is 12.4. The van der Waals surface area contributed by atoms with Gasteiger partial charge < -0.3 is 14.2 Å². The molecule has 7 nitrogen and oxygen atoms in total. The van der Waals surface area contributed by atoms with Gasteiger partial charge in [-0.25, -0.2) is 0 Å². The molecule has 0 N–H and O–H groups in total. The molecule has 2 amide bonds. The van der Waals surface area contributed by atoms with Crippen molar-refractivity contribution in [3.05, 3.63) is 18.2 Å². The van der Waals surface area contributed by atoms with Gasteiger partial charge in [-0.15, -0.1) is 0 Å². The number of nitrogens with zero attached hydrogens (tertiary/aromatic N) is 1. The van der Waals surface area contributed by atoms with Gasteiger partial charge >= 0.3 is 5.97 Å². The van der Waals surface area contributed by atoms with Crippen LogP contribution in [0.2, 0.25) is 0 Å². The lowest BCUT2D eigenvalue weighted by Crippen LogP contribution is -2.33. The zero-order chi connectivity index (χ0) is 18.7. The summed E-state index contributed by atoms with van der Waals surface area (Å²) in [7, 11) is 2.94. The van der Waals surface area contributed by atoms with E-state index in [-0.39, 0.29) is 42.4 Å². The number of hydrogen-bond acceptors (Lipinski definition) is 6.